The average molecular weight is 196 g/mol. The summed E-state index contributed by atoms with van der Waals surface area (Å²) in [4.78, 5) is 11.6. The lowest BCUT2D eigenvalue weighted by molar-refractivity contribution is -0.127. The molecule has 1 atom stereocenters. The van der Waals surface area contributed by atoms with Crippen molar-refractivity contribution in [1.82, 2.24) is 10.6 Å². The minimum atomic E-state index is 0.235. The highest BCUT2D eigenvalue weighted by Gasteiger charge is 2.28. The molecule has 1 saturated heterocycles. The summed E-state index contributed by atoms with van der Waals surface area (Å²) >= 11 is 0. The van der Waals surface area contributed by atoms with Crippen molar-refractivity contribution in [1.29, 1.82) is 0 Å². The molecule has 14 heavy (non-hydrogen) atoms. The van der Waals surface area contributed by atoms with E-state index in [4.69, 9.17) is 0 Å². The van der Waals surface area contributed by atoms with Crippen molar-refractivity contribution < 1.29 is 4.79 Å². The van der Waals surface area contributed by atoms with Crippen molar-refractivity contribution in [2.24, 2.45) is 11.8 Å². The fourth-order valence-corrected chi connectivity index (χ4v) is 2.39. The molecule has 1 amide bonds. The highest BCUT2D eigenvalue weighted by molar-refractivity contribution is 5.80. The number of carbonyl (C=O) groups excluding carboxylic acids is 1. The van der Waals surface area contributed by atoms with Crippen LogP contribution in [0.15, 0.2) is 0 Å². The number of amides is 1. The third-order valence-electron chi connectivity index (χ3n) is 3.63. The first-order chi connectivity index (χ1) is 6.77. The zero-order chi connectivity index (χ0) is 9.97. The van der Waals surface area contributed by atoms with E-state index in [0.717, 1.165) is 19.0 Å². The fourth-order valence-electron chi connectivity index (χ4n) is 2.39. The topological polar surface area (TPSA) is 41.1 Å². The van der Waals surface area contributed by atoms with E-state index < -0.39 is 0 Å². The van der Waals surface area contributed by atoms with Gasteiger partial charge in [0.05, 0.1) is 5.92 Å². The lowest BCUT2D eigenvalue weighted by atomic mass is 9.97. The number of rotatable bonds is 3. The van der Waals surface area contributed by atoms with Gasteiger partial charge in [0, 0.05) is 19.1 Å². The van der Waals surface area contributed by atoms with Gasteiger partial charge in [0.25, 0.3) is 0 Å². The van der Waals surface area contributed by atoms with Gasteiger partial charge in [0.2, 0.25) is 5.91 Å². The maximum absolute atomic E-state index is 11.6. The maximum Gasteiger partial charge on any atom is 0.225 e. The molecule has 2 aliphatic rings. The van der Waals surface area contributed by atoms with Gasteiger partial charge in [0.1, 0.15) is 0 Å². The van der Waals surface area contributed by atoms with Crippen LogP contribution < -0.4 is 10.6 Å². The summed E-state index contributed by atoms with van der Waals surface area (Å²) < 4.78 is 0. The number of hydrogen-bond donors (Lipinski definition) is 2. The molecule has 0 aromatic carbocycles. The number of carbonyl (C=O) groups is 1. The normalized spacial score (nSPS) is 25.8. The Morgan fingerprint density at radius 3 is 2.50 bits per heavy atom. The molecule has 1 aliphatic heterocycles. The Kier molecular flexibility index (Phi) is 3.06. The Morgan fingerprint density at radius 1 is 1.36 bits per heavy atom. The lowest BCUT2D eigenvalue weighted by Gasteiger charge is -2.29. The quantitative estimate of drug-likeness (QED) is 0.704. The highest BCUT2D eigenvalue weighted by atomic mass is 16.2. The number of hydrogen-bond acceptors (Lipinski definition) is 2. The van der Waals surface area contributed by atoms with Crippen molar-refractivity contribution >= 4 is 5.91 Å². The highest BCUT2D eigenvalue weighted by Crippen LogP contribution is 2.27. The smallest absolute Gasteiger partial charge is 0.225 e. The van der Waals surface area contributed by atoms with Crippen LogP contribution in [0.25, 0.3) is 0 Å². The second kappa shape index (κ2) is 4.30. The van der Waals surface area contributed by atoms with Gasteiger partial charge in [0.15, 0.2) is 0 Å². The van der Waals surface area contributed by atoms with Crippen molar-refractivity contribution in [3.05, 3.63) is 0 Å². The molecule has 0 bridgehead atoms. The van der Waals surface area contributed by atoms with E-state index in [1.165, 1.54) is 25.7 Å². The SMILES string of the molecule is C[C@H](NC(=O)C1CNC1)C1CCCC1. The van der Waals surface area contributed by atoms with E-state index in [0.29, 0.717) is 6.04 Å². The summed E-state index contributed by atoms with van der Waals surface area (Å²) in [6.07, 6.45) is 5.28. The van der Waals surface area contributed by atoms with Gasteiger partial charge in [-0.05, 0) is 25.7 Å². The summed E-state index contributed by atoms with van der Waals surface area (Å²) in [5.41, 5.74) is 0. The summed E-state index contributed by atoms with van der Waals surface area (Å²) in [6, 6.07) is 0.380. The third kappa shape index (κ3) is 2.08. The Labute approximate surface area is 85.6 Å². The third-order valence-corrected chi connectivity index (χ3v) is 3.63. The summed E-state index contributed by atoms with van der Waals surface area (Å²) in [5.74, 6) is 1.22. The molecule has 3 heteroatoms. The maximum atomic E-state index is 11.6. The molecule has 0 aromatic rings. The van der Waals surface area contributed by atoms with E-state index in [9.17, 15) is 4.79 Å². The van der Waals surface area contributed by atoms with Gasteiger partial charge >= 0.3 is 0 Å². The molecule has 2 fully saturated rings. The van der Waals surface area contributed by atoms with Crippen LogP contribution in [0.4, 0.5) is 0 Å². The van der Waals surface area contributed by atoms with Gasteiger partial charge in [-0.1, -0.05) is 12.8 Å². The van der Waals surface area contributed by atoms with Crippen LogP contribution in [0.3, 0.4) is 0 Å². The Morgan fingerprint density at radius 2 is 2.00 bits per heavy atom. The minimum absolute atomic E-state index is 0.235. The molecule has 2 N–H and O–H groups in total. The van der Waals surface area contributed by atoms with Crippen LogP contribution >= 0.6 is 0 Å². The Balaban J connectivity index is 1.74. The van der Waals surface area contributed by atoms with Crippen molar-refractivity contribution in [2.45, 2.75) is 38.6 Å². The van der Waals surface area contributed by atoms with E-state index in [2.05, 4.69) is 17.6 Å². The largest absolute Gasteiger partial charge is 0.353 e. The molecule has 0 unspecified atom stereocenters. The molecule has 1 aliphatic carbocycles. The fraction of sp³-hybridized carbons (Fsp3) is 0.909. The van der Waals surface area contributed by atoms with E-state index in [-0.39, 0.29) is 11.8 Å². The predicted molar refractivity (Wildman–Crippen MR) is 55.9 cm³/mol. The lowest BCUT2D eigenvalue weighted by Crippen LogP contribution is -2.53. The second-order valence-corrected chi connectivity index (χ2v) is 4.70. The minimum Gasteiger partial charge on any atom is -0.353 e. The molecule has 0 spiro atoms. The van der Waals surface area contributed by atoms with E-state index in [1.807, 2.05) is 0 Å². The van der Waals surface area contributed by atoms with Crippen LogP contribution in [0, 0.1) is 11.8 Å². The van der Waals surface area contributed by atoms with Gasteiger partial charge in [-0.3, -0.25) is 4.79 Å². The first-order valence-electron chi connectivity index (χ1n) is 5.78. The average Bonchev–Trinajstić information content (AvgIpc) is 2.51. The standard InChI is InChI=1S/C11H20N2O/c1-8(9-4-2-3-5-9)13-11(14)10-6-12-7-10/h8-10,12H,2-7H2,1H3,(H,13,14)/t8-/m0/s1. The van der Waals surface area contributed by atoms with Gasteiger partial charge in [-0.2, -0.15) is 0 Å². The summed E-state index contributed by atoms with van der Waals surface area (Å²) in [6.45, 7) is 3.88. The summed E-state index contributed by atoms with van der Waals surface area (Å²) in [7, 11) is 0. The molecule has 1 saturated carbocycles. The first-order valence-corrected chi connectivity index (χ1v) is 5.78. The molecule has 0 aromatic heterocycles. The van der Waals surface area contributed by atoms with Gasteiger partial charge in [-0.15, -0.1) is 0 Å². The van der Waals surface area contributed by atoms with Crippen molar-refractivity contribution in [2.75, 3.05) is 13.1 Å². The van der Waals surface area contributed by atoms with Gasteiger partial charge < -0.3 is 10.6 Å². The van der Waals surface area contributed by atoms with Crippen LogP contribution in [0.5, 0.6) is 0 Å². The molecule has 0 radical (unpaired) electrons. The Hall–Kier alpha value is -0.570. The zero-order valence-corrected chi connectivity index (χ0v) is 8.88. The molecule has 2 rings (SSSR count). The first kappa shape index (κ1) is 9.97. The molecular weight excluding hydrogens is 176 g/mol. The van der Waals surface area contributed by atoms with E-state index in [1.54, 1.807) is 0 Å². The summed E-state index contributed by atoms with van der Waals surface area (Å²) in [5, 5.41) is 6.27. The zero-order valence-electron chi connectivity index (χ0n) is 8.88. The van der Waals surface area contributed by atoms with E-state index >= 15 is 0 Å². The second-order valence-electron chi connectivity index (χ2n) is 4.70. The van der Waals surface area contributed by atoms with Crippen molar-refractivity contribution in [3.63, 3.8) is 0 Å². The van der Waals surface area contributed by atoms with Crippen LogP contribution in [-0.4, -0.2) is 25.0 Å². The Bertz CT molecular complexity index is 207. The molecule has 1 heterocycles. The monoisotopic (exact) mass is 196 g/mol. The molecule has 3 nitrogen and oxygen atoms in total. The van der Waals surface area contributed by atoms with Crippen LogP contribution in [0.2, 0.25) is 0 Å². The predicted octanol–water partition coefficient (Wildman–Crippen LogP) is 0.901. The van der Waals surface area contributed by atoms with Gasteiger partial charge in [-0.25, -0.2) is 0 Å². The molecular formula is C11H20N2O. The van der Waals surface area contributed by atoms with Crippen LogP contribution in [0.1, 0.15) is 32.6 Å². The van der Waals surface area contributed by atoms with Crippen molar-refractivity contribution in [3.8, 4) is 0 Å². The van der Waals surface area contributed by atoms with Crippen LogP contribution in [-0.2, 0) is 4.79 Å². The molecule has 80 valence electrons. The number of nitrogens with one attached hydrogen (secondary N) is 2.